The van der Waals surface area contributed by atoms with Crippen molar-refractivity contribution in [2.45, 2.75) is 26.7 Å². The Morgan fingerprint density at radius 3 is 2.12 bits per heavy atom. The van der Waals surface area contributed by atoms with E-state index < -0.39 is 17.9 Å². The van der Waals surface area contributed by atoms with Crippen molar-refractivity contribution >= 4 is 17.7 Å². The molecule has 0 aliphatic heterocycles. The molecule has 0 rings (SSSR count). The summed E-state index contributed by atoms with van der Waals surface area (Å²) in [5, 5.41) is 0. The molecule has 1 unspecified atom stereocenters. The topological polar surface area (TPSA) is 95.7 Å². The Morgan fingerprint density at radius 2 is 1.65 bits per heavy atom. The number of nitrogens with two attached hydrogens (primary N) is 1. The van der Waals surface area contributed by atoms with Gasteiger partial charge in [0.15, 0.2) is 0 Å². The number of esters is 2. The van der Waals surface area contributed by atoms with Crippen LogP contribution < -0.4 is 5.73 Å². The second-order valence-electron chi connectivity index (χ2n) is 3.41. The third kappa shape index (κ3) is 6.68. The molecule has 0 aromatic rings. The maximum Gasteiger partial charge on any atom is 0.309 e. The Kier molecular flexibility index (Phi) is 7.96. The number of hydrogen-bond donors (Lipinski definition) is 1. The van der Waals surface area contributed by atoms with Gasteiger partial charge in [-0.15, -0.1) is 0 Å². The minimum Gasteiger partial charge on any atom is -0.466 e. The lowest BCUT2D eigenvalue weighted by Crippen LogP contribution is -2.27. The summed E-state index contributed by atoms with van der Waals surface area (Å²) >= 11 is 0. The van der Waals surface area contributed by atoms with Gasteiger partial charge in [-0.05, 0) is 13.8 Å². The molecule has 0 saturated heterocycles. The number of ether oxygens (including phenoxy) is 2. The molecule has 0 radical (unpaired) electrons. The minimum atomic E-state index is -0.801. The maximum atomic E-state index is 11.5. The smallest absolute Gasteiger partial charge is 0.309 e. The molecule has 0 aliphatic carbocycles. The van der Waals surface area contributed by atoms with Crippen LogP contribution in [-0.4, -0.2) is 37.5 Å². The van der Waals surface area contributed by atoms with Crippen LogP contribution in [-0.2, 0) is 23.9 Å². The third-order valence-corrected chi connectivity index (χ3v) is 2.04. The predicted molar refractivity (Wildman–Crippen MR) is 60.1 cm³/mol. The quantitative estimate of drug-likeness (QED) is 0.606. The molecule has 17 heavy (non-hydrogen) atoms. The largest absolute Gasteiger partial charge is 0.466 e. The highest BCUT2D eigenvalue weighted by atomic mass is 16.5. The molecule has 0 fully saturated rings. The Hall–Kier alpha value is -1.43. The van der Waals surface area contributed by atoms with Crippen LogP contribution in [0.4, 0.5) is 0 Å². The van der Waals surface area contributed by atoms with Gasteiger partial charge in [0.2, 0.25) is 0 Å². The highest BCUT2D eigenvalue weighted by molar-refractivity contribution is 5.88. The molecule has 0 heterocycles. The average Bonchev–Trinajstić information content (AvgIpc) is 2.28. The van der Waals surface area contributed by atoms with E-state index in [-0.39, 0.29) is 38.4 Å². The standard InChI is InChI=1S/C11H19NO5/c1-3-16-10(14)6-8(5-9(13)7-12)11(15)17-4-2/h8H,3-7,12H2,1-2H3. The average molecular weight is 245 g/mol. The van der Waals surface area contributed by atoms with Gasteiger partial charge in [0.1, 0.15) is 5.78 Å². The lowest BCUT2D eigenvalue weighted by Gasteiger charge is -2.13. The van der Waals surface area contributed by atoms with Crippen molar-refractivity contribution < 1.29 is 23.9 Å². The molecule has 0 bridgehead atoms. The number of carbonyl (C=O) groups excluding carboxylic acids is 3. The number of rotatable bonds is 8. The summed E-state index contributed by atoms with van der Waals surface area (Å²) in [6, 6.07) is 0. The summed E-state index contributed by atoms with van der Waals surface area (Å²) in [5.74, 6) is -2.17. The molecule has 0 aliphatic rings. The third-order valence-electron chi connectivity index (χ3n) is 2.04. The number of Topliss-reactive ketones (excluding diaryl/α,β-unsaturated/α-hetero) is 1. The maximum absolute atomic E-state index is 11.5. The van der Waals surface area contributed by atoms with Crippen LogP contribution in [0.1, 0.15) is 26.7 Å². The van der Waals surface area contributed by atoms with E-state index in [4.69, 9.17) is 15.2 Å². The van der Waals surface area contributed by atoms with Gasteiger partial charge >= 0.3 is 11.9 Å². The first kappa shape index (κ1) is 15.6. The summed E-state index contributed by atoms with van der Waals surface area (Å²) in [5.41, 5.74) is 5.17. The summed E-state index contributed by atoms with van der Waals surface area (Å²) in [6.07, 6.45) is -0.243. The first-order chi connectivity index (χ1) is 8.04. The van der Waals surface area contributed by atoms with Crippen molar-refractivity contribution in [1.82, 2.24) is 0 Å². The van der Waals surface area contributed by atoms with Crippen molar-refractivity contribution in [3.63, 3.8) is 0 Å². The van der Waals surface area contributed by atoms with E-state index in [9.17, 15) is 14.4 Å². The van der Waals surface area contributed by atoms with Gasteiger partial charge in [0.05, 0.1) is 32.1 Å². The van der Waals surface area contributed by atoms with Crippen LogP contribution in [0.25, 0.3) is 0 Å². The summed E-state index contributed by atoms with van der Waals surface area (Å²) in [7, 11) is 0. The number of hydrogen-bond acceptors (Lipinski definition) is 6. The zero-order valence-corrected chi connectivity index (χ0v) is 10.2. The normalized spacial score (nSPS) is 11.7. The fraction of sp³-hybridized carbons (Fsp3) is 0.727. The summed E-state index contributed by atoms with van der Waals surface area (Å²) in [4.78, 5) is 34.0. The molecular formula is C11H19NO5. The summed E-state index contributed by atoms with van der Waals surface area (Å²) < 4.78 is 9.52. The molecule has 0 aromatic carbocycles. The van der Waals surface area contributed by atoms with Crippen LogP contribution >= 0.6 is 0 Å². The van der Waals surface area contributed by atoms with E-state index in [1.165, 1.54) is 0 Å². The fourth-order valence-corrected chi connectivity index (χ4v) is 1.28. The van der Waals surface area contributed by atoms with Crippen molar-refractivity contribution in [3.05, 3.63) is 0 Å². The van der Waals surface area contributed by atoms with Crippen molar-refractivity contribution in [2.75, 3.05) is 19.8 Å². The van der Waals surface area contributed by atoms with Gasteiger partial charge in [-0.3, -0.25) is 14.4 Å². The second-order valence-corrected chi connectivity index (χ2v) is 3.41. The molecule has 0 spiro atoms. The first-order valence-electron chi connectivity index (χ1n) is 5.59. The number of carbonyl (C=O) groups is 3. The first-order valence-corrected chi connectivity index (χ1v) is 5.59. The molecular weight excluding hydrogens is 226 g/mol. The molecule has 1 atom stereocenters. The van der Waals surface area contributed by atoms with Gasteiger partial charge in [0.25, 0.3) is 0 Å². The van der Waals surface area contributed by atoms with E-state index >= 15 is 0 Å². The highest BCUT2D eigenvalue weighted by Crippen LogP contribution is 2.12. The van der Waals surface area contributed by atoms with E-state index in [1.54, 1.807) is 13.8 Å². The van der Waals surface area contributed by atoms with Gasteiger partial charge in [-0.25, -0.2) is 0 Å². The van der Waals surface area contributed by atoms with Crippen molar-refractivity contribution in [1.29, 1.82) is 0 Å². The highest BCUT2D eigenvalue weighted by Gasteiger charge is 2.26. The van der Waals surface area contributed by atoms with Crippen LogP contribution in [0.3, 0.4) is 0 Å². The molecule has 0 aromatic heterocycles. The van der Waals surface area contributed by atoms with E-state index in [1.807, 2.05) is 0 Å². The molecule has 0 saturated carbocycles. The summed E-state index contributed by atoms with van der Waals surface area (Å²) in [6.45, 7) is 3.61. The Bertz CT molecular complexity index is 277. The molecule has 0 amide bonds. The monoisotopic (exact) mass is 245 g/mol. The Labute approximate surface area is 100 Å². The van der Waals surface area contributed by atoms with Gasteiger partial charge in [0, 0.05) is 6.42 Å². The fourth-order valence-electron chi connectivity index (χ4n) is 1.28. The van der Waals surface area contributed by atoms with Gasteiger partial charge in [-0.2, -0.15) is 0 Å². The van der Waals surface area contributed by atoms with Crippen LogP contribution in [0.2, 0.25) is 0 Å². The molecule has 2 N–H and O–H groups in total. The Morgan fingerprint density at radius 1 is 1.06 bits per heavy atom. The van der Waals surface area contributed by atoms with Crippen LogP contribution in [0.15, 0.2) is 0 Å². The zero-order chi connectivity index (χ0) is 13.3. The molecule has 6 heteroatoms. The Balaban J connectivity index is 4.44. The predicted octanol–water partition coefficient (Wildman–Crippen LogP) is 0.0368. The lowest BCUT2D eigenvalue weighted by atomic mass is 9.99. The van der Waals surface area contributed by atoms with E-state index in [0.717, 1.165) is 0 Å². The number of ketones is 1. The zero-order valence-electron chi connectivity index (χ0n) is 10.2. The molecule has 98 valence electrons. The van der Waals surface area contributed by atoms with Crippen LogP contribution in [0, 0.1) is 5.92 Å². The van der Waals surface area contributed by atoms with Crippen molar-refractivity contribution in [3.8, 4) is 0 Å². The minimum absolute atomic E-state index is 0.0891. The van der Waals surface area contributed by atoms with Gasteiger partial charge < -0.3 is 15.2 Å². The second kappa shape index (κ2) is 8.69. The lowest BCUT2D eigenvalue weighted by molar-refractivity contribution is -0.155. The van der Waals surface area contributed by atoms with E-state index in [2.05, 4.69) is 0 Å². The van der Waals surface area contributed by atoms with Gasteiger partial charge in [-0.1, -0.05) is 0 Å². The SMILES string of the molecule is CCOC(=O)CC(CC(=O)CN)C(=O)OCC. The van der Waals surface area contributed by atoms with E-state index in [0.29, 0.717) is 0 Å². The molecule has 6 nitrogen and oxygen atoms in total. The van der Waals surface area contributed by atoms with Crippen molar-refractivity contribution in [2.24, 2.45) is 11.7 Å². The van der Waals surface area contributed by atoms with Crippen LogP contribution in [0.5, 0.6) is 0 Å².